The van der Waals surface area contributed by atoms with Crippen molar-refractivity contribution in [2.45, 2.75) is 13.5 Å². The van der Waals surface area contributed by atoms with Crippen LogP contribution in [0.5, 0.6) is 0 Å². The van der Waals surface area contributed by atoms with Gasteiger partial charge in [-0.1, -0.05) is 29.8 Å². The number of carbonyl (C=O) groups is 1. The van der Waals surface area contributed by atoms with Gasteiger partial charge in [-0.15, -0.1) is 11.3 Å². The Hall–Kier alpha value is -1.88. The molecule has 2 aromatic rings. The van der Waals surface area contributed by atoms with Crippen LogP contribution in [0.3, 0.4) is 0 Å². The molecule has 94 valence electrons. The Labute approximate surface area is 110 Å². The number of carbonyl (C=O) groups excluding carboxylic acids is 1. The van der Waals surface area contributed by atoms with E-state index in [0.717, 1.165) is 10.7 Å². The van der Waals surface area contributed by atoms with Crippen LogP contribution in [0.1, 0.15) is 11.1 Å². The lowest BCUT2D eigenvalue weighted by molar-refractivity contribution is -0.119. The summed E-state index contributed by atoms with van der Waals surface area (Å²) in [4.78, 5) is 15.6. The van der Waals surface area contributed by atoms with Gasteiger partial charge in [0.1, 0.15) is 0 Å². The molecule has 0 bridgehead atoms. The van der Waals surface area contributed by atoms with Crippen molar-refractivity contribution in [3.63, 3.8) is 0 Å². The van der Waals surface area contributed by atoms with E-state index in [0.29, 0.717) is 6.54 Å². The highest BCUT2D eigenvalue weighted by Gasteiger charge is 2.02. The molecule has 0 aliphatic heterocycles. The van der Waals surface area contributed by atoms with Crippen LogP contribution < -0.4 is 10.6 Å². The fraction of sp³-hybridized carbons (Fsp3) is 0.231. The van der Waals surface area contributed by atoms with Gasteiger partial charge < -0.3 is 10.6 Å². The normalized spacial score (nSPS) is 10.1. The quantitative estimate of drug-likeness (QED) is 0.867. The molecule has 4 nitrogen and oxygen atoms in total. The Kier molecular flexibility index (Phi) is 4.30. The van der Waals surface area contributed by atoms with E-state index >= 15 is 0 Å². The van der Waals surface area contributed by atoms with E-state index in [-0.39, 0.29) is 12.5 Å². The van der Waals surface area contributed by atoms with Gasteiger partial charge in [0.05, 0.1) is 6.54 Å². The molecule has 2 rings (SSSR count). The monoisotopic (exact) mass is 261 g/mol. The molecule has 0 aliphatic rings. The van der Waals surface area contributed by atoms with Gasteiger partial charge in [0, 0.05) is 18.1 Å². The molecule has 0 saturated carbocycles. The van der Waals surface area contributed by atoms with E-state index < -0.39 is 0 Å². The molecule has 0 aliphatic carbocycles. The number of aryl methyl sites for hydroxylation is 1. The molecule has 0 spiro atoms. The molecule has 1 aromatic heterocycles. The first-order valence-corrected chi connectivity index (χ1v) is 6.57. The third kappa shape index (κ3) is 3.85. The van der Waals surface area contributed by atoms with E-state index in [1.807, 2.05) is 30.5 Å². The fourth-order valence-electron chi connectivity index (χ4n) is 1.55. The number of benzene rings is 1. The molecule has 0 atom stereocenters. The van der Waals surface area contributed by atoms with E-state index in [1.54, 1.807) is 6.20 Å². The summed E-state index contributed by atoms with van der Waals surface area (Å²) in [7, 11) is 0. The van der Waals surface area contributed by atoms with Gasteiger partial charge in [-0.3, -0.25) is 4.79 Å². The van der Waals surface area contributed by atoms with Crippen molar-refractivity contribution in [3.05, 3.63) is 47.0 Å². The van der Waals surface area contributed by atoms with Gasteiger partial charge in [0.2, 0.25) is 5.91 Å². The van der Waals surface area contributed by atoms with Gasteiger partial charge in [-0.2, -0.15) is 0 Å². The lowest BCUT2D eigenvalue weighted by Crippen LogP contribution is -2.29. The molecular formula is C13H15N3OS. The number of nitrogens with zero attached hydrogens (tertiary/aromatic N) is 1. The Morgan fingerprint density at radius 1 is 1.44 bits per heavy atom. The molecule has 0 fully saturated rings. The van der Waals surface area contributed by atoms with Gasteiger partial charge in [0.25, 0.3) is 0 Å². The van der Waals surface area contributed by atoms with Crippen LogP contribution in [-0.4, -0.2) is 17.4 Å². The standard InChI is InChI=1S/C13H15N3OS/c1-10-3-2-4-11(7-10)8-15-12(17)9-16-13-14-5-6-18-13/h2-7H,8-9H2,1H3,(H,14,16)(H,15,17). The highest BCUT2D eigenvalue weighted by molar-refractivity contribution is 7.13. The number of amides is 1. The van der Waals surface area contributed by atoms with Gasteiger partial charge in [0.15, 0.2) is 5.13 Å². The second-order valence-corrected chi connectivity index (χ2v) is 4.85. The average molecular weight is 261 g/mol. The van der Waals surface area contributed by atoms with Crippen LogP contribution in [0.4, 0.5) is 5.13 Å². The topological polar surface area (TPSA) is 54.0 Å². The molecular weight excluding hydrogens is 246 g/mol. The second kappa shape index (κ2) is 6.16. The summed E-state index contributed by atoms with van der Waals surface area (Å²) in [6.45, 7) is 2.84. The minimum absolute atomic E-state index is 0.0355. The third-order valence-electron chi connectivity index (χ3n) is 2.40. The van der Waals surface area contributed by atoms with Crippen LogP contribution in [0.25, 0.3) is 0 Å². The van der Waals surface area contributed by atoms with Crippen molar-refractivity contribution in [3.8, 4) is 0 Å². The van der Waals surface area contributed by atoms with Gasteiger partial charge >= 0.3 is 0 Å². The van der Waals surface area contributed by atoms with E-state index in [4.69, 9.17) is 0 Å². The summed E-state index contributed by atoms with van der Waals surface area (Å²) in [5.74, 6) is -0.0355. The summed E-state index contributed by atoms with van der Waals surface area (Å²) in [5, 5.41) is 8.46. The fourth-order valence-corrected chi connectivity index (χ4v) is 2.08. The smallest absolute Gasteiger partial charge is 0.239 e. The number of thiazole rings is 1. The second-order valence-electron chi connectivity index (χ2n) is 3.96. The van der Waals surface area contributed by atoms with Gasteiger partial charge in [-0.25, -0.2) is 4.98 Å². The third-order valence-corrected chi connectivity index (χ3v) is 3.14. The minimum Gasteiger partial charge on any atom is -0.352 e. The van der Waals surface area contributed by atoms with Crippen molar-refractivity contribution in [2.24, 2.45) is 0 Å². The summed E-state index contributed by atoms with van der Waals surface area (Å²) in [6, 6.07) is 8.09. The summed E-state index contributed by atoms with van der Waals surface area (Å²) < 4.78 is 0. The van der Waals surface area contributed by atoms with Crippen molar-refractivity contribution < 1.29 is 4.79 Å². The maximum absolute atomic E-state index is 11.6. The SMILES string of the molecule is Cc1cccc(CNC(=O)CNc2nccs2)c1. The Morgan fingerprint density at radius 2 is 2.33 bits per heavy atom. The maximum Gasteiger partial charge on any atom is 0.239 e. The molecule has 1 amide bonds. The van der Waals surface area contributed by atoms with E-state index in [2.05, 4.69) is 21.7 Å². The maximum atomic E-state index is 11.6. The first-order valence-electron chi connectivity index (χ1n) is 5.69. The largest absolute Gasteiger partial charge is 0.352 e. The molecule has 0 unspecified atom stereocenters. The predicted molar refractivity (Wildman–Crippen MR) is 73.6 cm³/mol. The Morgan fingerprint density at radius 3 is 3.06 bits per heavy atom. The first-order chi connectivity index (χ1) is 8.74. The van der Waals surface area contributed by atoms with Crippen LogP contribution in [0.15, 0.2) is 35.8 Å². The van der Waals surface area contributed by atoms with Crippen molar-refractivity contribution in [1.29, 1.82) is 0 Å². The number of anilines is 1. The zero-order chi connectivity index (χ0) is 12.8. The van der Waals surface area contributed by atoms with E-state index in [9.17, 15) is 4.79 Å². The van der Waals surface area contributed by atoms with Crippen LogP contribution in [-0.2, 0) is 11.3 Å². The zero-order valence-electron chi connectivity index (χ0n) is 10.1. The number of aromatic nitrogens is 1. The molecule has 0 saturated heterocycles. The number of rotatable bonds is 5. The molecule has 5 heteroatoms. The van der Waals surface area contributed by atoms with Crippen molar-refractivity contribution in [1.82, 2.24) is 10.3 Å². The van der Waals surface area contributed by atoms with Crippen LogP contribution in [0, 0.1) is 6.92 Å². The van der Waals surface area contributed by atoms with Crippen molar-refractivity contribution >= 4 is 22.4 Å². The number of nitrogens with one attached hydrogen (secondary N) is 2. The molecule has 1 aromatic carbocycles. The Balaban J connectivity index is 1.75. The highest BCUT2D eigenvalue weighted by atomic mass is 32.1. The van der Waals surface area contributed by atoms with Crippen molar-refractivity contribution in [2.75, 3.05) is 11.9 Å². The summed E-state index contributed by atoms with van der Waals surface area (Å²) >= 11 is 1.48. The van der Waals surface area contributed by atoms with Crippen LogP contribution in [0.2, 0.25) is 0 Å². The summed E-state index contributed by atoms with van der Waals surface area (Å²) in [6.07, 6.45) is 1.71. The lowest BCUT2D eigenvalue weighted by atomic mass is 10.1. The Bertz CT molecular complexity index is 511. The lowest BCUT2D eigenvalue weighted by Gasteiger charge is -2.06. The van der Waals surface area contributed by atoms with Gasteiger partial charge in [-0.05, 0) is 12.5 Å². The predicted octanol–water partition coefficient (Wildman–Crippen LogP) is 2.18. The highest BCUT2D eigenvalue weighted by Crippen LogP contribution is 2.09. The minimum atomic E-state index is -0.0355. The molecule has 2 N–H and O–H groups in total. The molecule has 1 heterocycles. The summed E-state index contributed by atoms with van der Waals surface area (Å²) in [5.41, 5.74) is 2.31. The van der Waals surface area contributed by atoms with E-state index in [1.165, 1.54) is 16.9 Å². The number of hydrogen-bond acceptors (Lipinski definition) is 4. The molecule has 0 radical (unpaired) electrons. The molecule has 18 heavy (non-hydrogen) atoms. The average Bonchev–Trinajstić information content (AvgIpc) is 2.87. The number of hydrogen-bond donors (Lipinski definition) is 2. The zero-order valence-corrected chi connectivity index (χ0v) is 11.0. The first kappa shape index (κ1) is 12.6. The van der Waals surface area contributed by atoms with Crippen LogP contribution >= 0.6 is 11.3 Å².